The van der Waals surface area contributed by atoms with Crippen LogP contribution in [0.25, 0.3) is 0 Å². The molecular formula is C31H31N5O6S. The van der Waals surface area contributed by atoms with Crippen molar-refractivity contribution in [2.24, 2.45) is 9.98 Å². The molecule has 1 unspecified atom stereocenters. The number of thioether (sulfide) groups is 1. The number of methoxy groups -OCH3 is 3. The van der Waals surface area contributed by atoms with Crippen LogP contribution < -0.4 is 24.8 Å². The van der Waals surface area contributed by atoms with E-state index < -0.39 is 6.04 Å². The maximum Gasteiger partial charge on any atom is 0.259 e. The minimum atomic E-state index is -0.751. The molecule has 0 aliphatic carbocycles. The lowest BCUT2D eigenvalue weighted by atomic mass is 10.1. The summed E-state index contributed by atoms with van der Waals surface area (Å²) in [5.74, 6) is 1.40. The van der Waals surface area contributed by atoms with E-state index in [0.717, 1.165) is 17.3 Å². The molecule has 2 aliphatic heterocycles. The molecule has 43 heavy (non-hydrogen) atoms. The van der Waals surface area contributed by atoms with Gasteiger partial charge >= 0.3 is 0 Å². The molecule has 1 atom stereocenters. The minimum absolute atomic E-state index is 0.0194. The van der Waals surface area contributed by atoms with Crippen LogP contribution in [0.5, 0.6) is 17.2 Å². The van der Waals surface area contributed by atoms with Gasteiger partial charge in [-0.25, -0.2) is 9.89 Å². The highest BCUT2D eigenvalue weighted by molar-refractivity contribution is 8.14. The van der Waals surface area contributed by atoms with E-state index in [9.17, 15) is 14.4 Å². The Morgan fingerprint density at radius 1 is 0.930 bits per heavy atom. The Balaban J connectivity index is 1.24. The summed E-state index contributed by atoms with van der Waals surface area (Å²) in [6.45, 7) is 0.312. The first-order chi connectivity index (χ1) is 20.9. The molecular weight excluding hydrogens is 570 g/mol. The summed E-state index contributed by atoms with van der Waals surface area (Å²) < 4.78 is 15.9. The molecule has 2 heterocycles. The summed E-state index contributed by atoms with van der Waals surface area (Å²) in [7, 11) is 4.63. The van der Waals surface area contributed by atoms with Gasteiger partial charge in [0.2, 0.25) is 11.8 Å². The quantitative estimate of drug-likeness (QED) is 0.338. The molecule has 0 radical (unpaired) electrons. The molecule has 3 aromatic rings. The number of carbonyl (C=O) groups excluding carboxylic acids is 3. The normalized spacial score (nSPS) is 15.1. The average Bonchev–Trinajstić information content (AvgIpc) is 3.37. The molecule has 2 aliphatic rings. The monoisotopic (exact) mass is 601 g/mol. The molecule has 0 aromatic heterocycles. The number of nitrogens with zero attached hydrogens (tertiary/aromatic N) is 3. The highest BCUT2D eigenvalue weighted by Gasteiger charge is 2.41. The number of amidine groups is 2. The van der Waals surface area contributed by atoms with E-state index in [0.29, 0.717) is 51.7 Å². The highest BCUT2D eigenvalue weighted by atomic mass is 32.2. The number of benzene rings is 3. The van der Waals surface area contributed by atoms with E-state index in [1.165, 1.54) is 19.1 Å². The van der Waals surface area contributed by atoms with Gasteiger partial charge < -0.3 is 24.8 Å². The summed E-state index contributed by atoms with van der Waals surface area (Å²) >= 11 is 1.13. The van der Waals surface area contributed by atoms with Crippen molar-refractivity contribution >= 4 is 51.9 Å². The molecule has 0 saturated carbocycles. The van der Waals surface area contributed by atoms with Crippen LogP contribution in [0.1, 0.15) is 24.0 Å². The zero-order valence-electron chi connectivity index (χ0n) is 24.0. The van der Waals surface area contributed by atoms with Crippen LogP contribution >= 0.6 is 11.8 Å². The first kappa shape index (κ1) is 29.6. The van der Waals surface area contributed by atoms with Gasteiger partial charge in [-0.1, -0.05) is 42.1 Å². The SMILES string of the molecule is COc1ccc(OC)c(NC(=O)CSC2=Nc3ccccc3C3=NC(CCC(=O)NCc4ccccc4OC)C(=O)N23)c1. The Bertz CT molecular complexity index is 1610. The van der Waals surface area contributed by atoms with Gasteiger partial charge in [-0.2, -0.15) is 0 Å². The summed E-state index contributed by atoms with van der Waals surface area (Å²) in [5.41, 5.74) is 2.69. The Kier molecular flexibility index (Phi) is 9.26. The van der Waals surface area contributed by atoms with Crippen molar-refractivity contribution in [3.05, 3.63) is 77.9 Å². The van der Waals surface area contributed by atoms with Crippen molar-refractivity contribution in [3.8, 4) is 17.2 Å². The fourth-order valence-electron chi connectivity index (χ4n) is 4.71. The fourth-order valence-corrected chi connectivity index (χ4v) is 5.51. The van der Waals surface area contributed by atoms with E-state index in [4.69, 9.17) is 19.2 Å². The number of fused-ring (bicyclic) bond motifs is 3. The molecule has 0 saturated heterocycles. The number of amides is 3. The van der Waals surface area contributed by atoms with Gasteiger partial charge in [0.05, 0.1) is 38.5 Å². The average molecular weight is 602 g/mol. The van der Waals surface area contributed by atoms with Crippen molar-refractivity contribution in [1.29, 1.82) is 0 Å². The number of para-hydroxylation sites is 2. The smallest absolute Gasteiger partial charge is 0.259 e. The van der Waals surface area contributed by atoms with Crippen molar-refractivity contribution in [1.82, 2.24) is 10.2 Å². The van der Waals surface area contributed by atoms with Gasteiger partial charge in [0.15, 0.2) is 5.17 Å². The lowest BCUT2D eigenvalue weighted by Crippen LogP contribution is -2.41. The van der Waals surface area contributed by atoms with Crippen molar-refractivity contribution in [2.75, 3.05) is 32.4 Å². The zero-order chi connectivity index (χ0) is 30.3. The van der Waals surface area contributed by atoms with Crippen LogP contribution in [-0.2, 0) is 20.9 Å². The Hall–Kier alpha value is -4.84. The van der Waals surface area contributed by atoms with Gasteiger partial charge in [-0.3, -0.25) is 19.4 Å². The minimum Gasteiger partial charge on any atom is -0.497 e. The summed E-state index contributed by atoms with van der Waals surface area (Å²) in [5, 5.41) is 6.06. The highest BCUT2D eigenvalue weighted by Crippen LogP contribution is 2.35. The lowest BCUT2D eigenvalue weighted by molar-refractivity contribution is -0.125. The topological polar surface area (TPSA) is 131 Å². The Morgan fingerprint density at radius 3 is 2.49 bits per heavy atom. The molecule has 3 amide bonds. The van der Waals surface area contributed by atoms with Gasteiger partial charge in [-0.15, -0.1) is 0 Å². The number of hydrogen-bond acceptors (Lipinski definition) is 9. The van der Waals surface area contributed by atoms with Crippen molar-refractivity contribution in [2.45, 2.75) is 25.4 Å². The third kappa shape index (κ3) is 6.64. The molecule has 5 rings (SSSR count). The van der Waals surface area contributed by atoms with E-state index in [-0.39, 0.29) is 36.3 Å². The largest absolute Gasteiger partial charge is 0.497 e. The maximum absolute atomic E-state index is 13.6. The first-order valence-electron chi connectivity index (χ1n) is 13.5. The zero-order valence-corrected chi connectivity index (χ0v) is 24.8. The number of aliphatic imine (C=N–C) groups is 2. The van der Waals surface area contributed by atoms with Crippen LogP contribution in [0.4, 0.5) is 11.4 Å². The van der Waals surface area contributed by atoms with Gasteiger partial charge in [0.1, 0.15) is 29.1 Å². The summed E-state index contributed by atoms with van der Waals surface area (Å²) in [6.07, 6.45) is 0.342. The molecule has 3 aromatic carbocycles. The number of anilines is 1. The second-order valence-electron chi connectivity index (χ2n) is 9.58. The predicted molar refractivity (Wildman–Crippen MR) is 165 cm³/mol. The number of rotatable bonds is 11. The van der Waals surface area contributed by atoms with E-state index in [1.807, 2.05) is 48.5 Å². The van der Waals surface area contributed by atoms with E-state index in [2.05, 4.69) is 15.6 Å². The third-order valence-electron chi connectivity index (χ3n) is 6.87. The maximum atomic E-state index is 13.6. The van der Waals surface area contributed by atoms with E-state index in [1.54, 1.807) is 25.3 Å². The third-order valence-corrected chi connectivity index (χ3v) is 7.81. The van der Waals surface area contributed by atoms with Crippen LogP contribution in [-0.4, -0.2) is 66.7 Å². The number of carbonyl (C=O) groups is 3. The Morgan fingerprint density at radius 2 is 1.70 bits per heavy atom. The number of ether oxygens (including phenoxy) is 3. The van der Waals surface area contributed by atoms with Gasteiger partial charge in [-0.05, 0) is 36.8 Å². The molecule has 11 nitrogen and oxygen atoms in total. The van der Waals surface area contributed by atoms with Crippen LogP contribution in [0.2, 0.25) is 0 Å². The van der Waals surface area contributed by atoms with Crippen molar-refractivity contribution < 1.29 is 28.6 Å². The number of hydrogen-bond donors (Lipinski definition) is 2. The molecule has 0 bridgehead atoms. The lowest BCUT2D eigenvalue weighted by Gasteiger charge is -2.25. The summed E-state index contributed by atoms with van der Waals surface area (Å²) in [6, 6.07) is 19.2. The van der Waals surface area contributed by atoms with Crippen molar-refractivity contribution in [3.63, 3.8) is 0 Å². The van der Waals surface area contributed by atoms with Crippen LogP contribution in [0.15, 0.2) is 76.7 Å². The second-order valence-corrected chi connectivity index (χ2v) is 10.5. The standard InChI is InChI=1S/C31H31N5O6S/c1-40-20-12-14-26(42-3)24(16-20)33-28(38)18-43-31-35-22-10-6-5-9-21(22)29-34-23(30(39)36(29)31)13-15-27(37)32-17-19-8-4-7-11-25(19)41-2/h4-12,14,16,23H,13,15,17-18H2,1-3H3,(H,32,37)(H,33,38). The van der Waals surface area contributed by atoms with E-state index >= 15 is 0 Å². The number of nitrogens with one attached hydrogen (secondary N) is 2. The molecule has 2 N–H and O–H groups in total. The van der Waals surface area contributed by atoms with Gasteiger partial charge in [0.25, 0.3) is 5.91 Å². The Labute approximate surface area is 253 Å². The second kappa shape index (κ2) is 13.4. The van der Waals surface area contributed by atoms with Crippen LogP contribution in [0, 0.1) is 0 Å². The molecule has 222 valence electrons. The fraction of sp³-hybridized carbons (Fsp3) is 0.258. The van der Waals surface area contributed by atoms with Crippen LogP contribution in [0.3, 0.4) is 0 Å². The summed E-state index contributed by atoms with van der Waals surface area (Å²) in [4.78, 5) is 50.0. The van der Waals surface area contributed by atoms with Gasteiger partial charge in [0, 0.05) is 30.2 Å². The molecule has 0 fully saturated rings. The first-order valence-corrected chi connectivity index (χ1v) is 14.5. The molecule has 12 heteroatoms. The molecule has 0 spiro atoms. The predicted octanol–water partition coefficient (Wildman–Crippen LogP) is 4.14.